The van der Waals surface area contributed by atoms with Gasteiger partial charge in [0.15, 0.2) is 0 Å². The SMILES string of the molecule is Oc1cccc2occ(CCl)c12. The highest BCUT2D eigenvalue weighted by atomic mass is 35.5. The van der Waals surface area contributed by atoms with Crippen LogP contribution in [-0.4, -0.2) is 5.11 Å². The molecule has 2 aromatic rings. The molecule has 0 unspecified atom stereocenters. The van der Waals surface area contributed by atoms with E-state index in [1.165, 1.54) is 0 Å². The number of furan rings is 1. The molecule has 0 amide bonds. The maximum Gasteiger partial charge on any atom is 0.137 e. The van der Waals surface area contributed by atoms with Crippen LogP contribution < -0.4 is 0 Å². The van der Waals surface area contributed by atoms with Crippen LogP contribution in [0, 0.1) is 0 Å². The minimum atomic E-state index is 0.219. The van der Waals surface area contributed by atoms with Crippen LogP contribution >= 0.6 is 11.6 Å². The van der Waals surface area contributed by atoms with Gasteiger partial charge in [-0.15, -0.1) is 11.6 Å². The van der Waals surface area contributed by atoms with Crippen molar-refractivity contribution in [1.29, 1.82) is 0 Å². The van der Waals surface area contributed by atoms with Crippen molar-refractivity contribution in [3.05, 3.63) is 30.0 Å². The second-order valence-corrected chi connectivity index (χ2v) is 2.81. The Morgan fingerprint density at radius 3 is 3.00 bits per heavy atom. The Hall–Kier alpha value is -1.15. The van der Waals surface area contributed by atoms with Crippen molar-refractivity contribution in [3.63, 3.8) is 0 Å². The molecule has 2 rings (SSSR count). The van der Waals surface area contributed by atoms with Crippen molar-refractivity contribution in [2.75, 3.05) is 0 Å². The number of phenolic OH excluding ortho intramolecular Hbond substituents is 1. The number of phenols is 1. The second kappa shape index (κ2) is 2.72. The van der Waals surface area contributed by atoms with Crippen molar-refractivity contribution in [2.45, 2.75) is 5.88 Å². The Kier molecular flexibility index (Phi) is 1.70. The zero-order valence-corrected chi connectivity index (χ0v) is 7.01. The molecule has 12 heavy (non-hydrogen) atoms. The lowest BCUT2D eigenvalue weighted by Crippen LogP contribution is -1.73. The highest BCUT2D eigenvalue weighted by Crippen LogP contribution is 2.30. The van der Waals surface area contributed by atoms with Gasteiger partial charge in [-0.25, -0.2) is 0 Å². The second-order valence-electron chi connectivity index (χ2n) is 2.54. The summed E-state index contributed by atoms with van der Waals surface area (Å²) in [5, 5.41) is 10.2. The molecule has 1 aromatic carbocycles. The van der Waals surface area contributed by atoms with Crippen LogP contribution in [0.4, 0.5) is 0 Å². The molecule has 0 saturated carbocycles. The molecule has 3 heteroatoms. The van der Waals surface area contributed by atoms with Gasteiger partial charge in [-0.2, -0.15) is 0 Å². The Balaban J connectivity index is 2.83. The van der Waals surface area contributed by atoms with Gasteiger partial charge in [0, 0.05) is 5.56 Å². The summed E-state index contributed by atoms with van der Waals surface area (Å²) >= 11 is 5.65. The average molecular weight is 183 g/mol. The number of benzene rings is 1. The van der Waals surface area contributed by atoms with Gasteiger partial charge in [-0.3, -0.25) is 0 Å². The fraction of sp³-hybridized carbons (Fsp3) is 0.111. The van der Waals surface area contributed by atoms with Crippen molar-refractivity contribution < 1.29 is 9.52 Å². The summed E-state index contributed by atoms with van der Waals surface area (Å²) < 4.78 is 5.18. The van der Waals surface area contributed by atoms with Gasteiger partial charge in [0.05, 0.1) is 17.5 Å². The number of halogens is 1. The fourth-order valence-corrected chi connectivity index (χ4v) is 1.43. The first-order valence-corrected chi connectivity index (χ1v) is 4.10. The maximum absolute atomic E-state index is 9.45. The highest BCUT2D eigenvalue weighted by Gasteiger charge is 2.07. The largest absolute Gasteiger partial charge is 0.507 e. The Bertz CT molecular complexity index is 406. The standard InChI is InChI=1S/C9H7ClO2/c10-4-6-5-12-8-3-1-2-7(11)9(6)8/h1-3,5,11H,4H2. The number of alkyl halides is 1. The van der Waals surface area contributed by atoms with Crippen LogP contribution in [-0.2, 0) is 5.88 Å². The summed E-state index contributed by atoms with van der Waals surface area (Å²) in [4.78, 5) is 0. The van der Waals surface area contributed by atoms with Crippen molar-refractivity contribution in [2.24, 2.45) is 0 Å². The third-order valence-corrected chi connectivity index (χ3v) is 2.09. The third kappa shape index (κ3) is 0.959. The van der Waals surface area contributed by atoms with Crippen LogP contribution in [0.15, 0.2) is 28.9 Å². The van der Waals surface area contributed by atoms with Gasteiger partial charge >= 0.3 is 0 Å². The van der Waals surface area contributed by atoms with E-state index in [-0.39, 0.29) is 5.75 Å². The number of fused-ring (bicyclic) bond motifs is 1. The molecule has 0 fully saturated rings. The van der Waals surface area contributed by atoms with Crippen molar-refractivity contribution in [3.8, 4) is 5.75 Å². The molecule has 0 aliphatic heterocycles. The van der Waals surface area contributed by atoms with Crippen LogP contribution in [0.3, 0.4) is 0 Å². The summed E-state index contributed by atoms with van der Waals surface area (Å²) in [5.41, 5.74) is 1.50. The minimum Gasteiger partial charge on any atom is -0.507 e. The van der Waals surface area contributed by atoms with Crippen LogP contribution in [0.25, 0.3) is 11.0 Å². The van der Waals surface area contributed by atoms with Gasteiger partial charge in [-0.05, 0) is 12.1 Å². The Labute approximate surface area is 74.4 Å². The van der Waals surface area contributed by atoms with E-state index in [9.17, 15) is 5.11 Å². The van der Waals surface area contributed by atoms with E-state index < -0.39 is 0 Å². The molecule has 62 valence electrons. The first kappa shape index (κ1) is 7.50. The Morgan fingerprint density at radius 1 is 1.42 bits per heavy atom. The molecule has 0 spiro atoms. The van der Waals surface area contributed by atoms with E-state index in [4.69, 9.17) is 16.0 Å². The zero-order chi connectivity index (χ0) is 8.55. The monoisotopic (exact) mass is 182 g/mol. The molecular weight excluding hydrogens is 176 g/mol. The highest BCUT2D eigenvalue weighted by molar-refractivity contribution is 6.18. The van der Waals surface area contributed by atoms with E-state index in [1.54, 1.807) is 24.5 Å². The number of hydrogen-bond acceptors (Lipinski definition) is 2. The molecule has 0 radical (unpaired) electrons. The first-order valence-electron chi connectivity index (χ1n) is 3.57. The maximum atomic E-state index is 9.45. The molecule has 0 atom stereocenters. The number of hydrogen-bond donors (Lipinski definition) is 1. The van der Waals surface area contributed by atoms with E-state index in [1.807, 2.05) is 0 Å². The van der Waals surface area contributed by atoms with Crippen LogP contribution in [0.1, 0.15) is 5.56 Å². The molecular formula is C9H7ClO2. The normalized spacial score (nSPS) is 10.8. The predicted octanol–water partition coefficient (Wildman–Crippen LogP) is 2.88. The first-order chi connectivity index (χ1) is 5.83. The minimum absolute atomic E-state index is 0.219. The molecule has 0 saturated heterocycles. The lowest BCUT2D eigenvalue weighted by Gasteiger charge is -1.94. The van der Waals surface area contributed by atoms with E-state index in [2.05, 4.69) is 0 Å². The lowest BCUT2D eigenvalue weighted by molar-refractivity contribution is 0.481. The van der Waals surface area contributed by atoms with Crippen molar-refractivity contribution in [1.82, 2.24) is 0 Å². The van der Waals surface area contributed by atoms with Gasteiger partial charge in [0.25, 0.3) is 0 Å². The smallest absolute Gasteiger partial charge is 0.137 e. The van der Waals surface area contributed by atoms with E-state index >= 15 is 0 Å². The predicted molar refractivity (Wildman–Crippen MR) is 47.4 cm³/mol. The zero-order valence-electron chi connectivity index (χ0n) is 6.25. The van der Waals surface area contributed by atoms with E-state index in [0.717, 1.165) is 5.56 Å². The van der Waals surface area contributed by atoms with Crippen LogP contribution in [0.5, 0.6) is 5.75 Å². The topological polar surface area (TPSA) is 33.4 Å². The summed E-state index contributed by atoms with van der Waals surface area (Å²) in [6.07, 6.45) is 1.57. The number of rotatable bonds is 1. The third-order valence-electron chi connectivity index (χ3n) is 1.80. The molecule has 1 heterocycles. The molecule has 2 nitrogen and oxygen atoms in total. The molecule has 0 bridgehead atoms. The van der Waals surface area contributed by atoms with Gasteiger partial charge in [0.1, 0.15) is 11.3 Å². The van der Waals surface area contributed by atoms with Gasteiger partial charge < -0.3 is 9.52 Å². The van der Waals surface area contributed by atoms with Gasteiger partial charge in [0.2, 0.25) is 0 Å². The molecule has 1 aromatic heterocycles. The lowest BCUT2D eigenvalue weighted by atomic mass is 10.2. The van der Waals surface area contributed by atoms with Gasteiger partial charge in [-0.1, -0.05) is 6.07 Å². The van der Waals surface area contributed by atoms with Crippen LogP contribution in [0.2, 0.25) is 0 Å². The summed E-state index contributed by atoms with van der Waals surface area (Å²) in [7, 11) is 0. The molecule has 1 N–H and O–H groups in total. The summed E-state index contributed by atoms with van der Waals surface area (Å²) in [6.45, 7) is 0. The summed E-state index contributed by atoms with van der Waals surface area (Å²) in [6, 6.07) is 5.15. The van der Waals surface area contributed by atoms with E-state index in [0.29, 0.717) is 16.8 Å². The number of aromatic hydroxyl groups is 1. The summed E-state index contributed by atoms with van der Waals surface area (Å²) in [5.74, 6) is 0.571. The Morgan fingerprint density at radius 2 is 2.25 bits per heavy atom. The molecule has 0 aliphatic carbocycles. The average Bonchev–Trinajstić information content (AvgIpc) is 2.49. The fourth-order valence-electron chi connectivity index (χ4n) is 1.23. The van der Waals surface area contributed by atoms with Crippen molar-refractivity contribution >= 4 is 22.6 Å². The molecule has 0 aliphatic rings. The quantitative estimate of drug-likeness (QED) is 0.688.